The van der Waals surface area contributed by atoms with Gasteiger partial charge in [0.2, 0.25) is 0 Å². The number of nitrogens with two attached hydrogens (primary N) is 1. The first-order valence-electron chi connectivity index (χ1n) is 4.08. The Hall–Kier alpha value is 0.180. The lowest BCUT2D eigenvalue weighted by atomic mass is 9.51. The highest BCUT2D eigenvalue weighted by atomic mass is 35.5. The molecule has 3 heteroatoms. The fraction of sp³-hybridized carbons (Fsp3) is 1.00. The Morgan fingerprint density at radius 1 is 1.27 bits per heavy atom. The van der Waals surface area contributed by atoms with E-state index in [9.17, 15) is 4.39 Å². The Balaban J connectivity index is 0.000000605. The summed E-state index contributed by atoms with van der Waals surface area (Å²) in [4.78, 5) is 0. The second-order valence-electron chi connectivity index (χ2n) is 4.02. The van der Waals surface area contributed by atoms with Crippen molar-refractivity contribution in [1.29, 1.82) is 0 Å². The highest BCUT2D eigenvalue weighted by molar-refractivity contribution is 5.85. The third kappa shape index (κ3) is 1.38. The largest absolute Gasteiger partial charge is 0.330 e. The summed E-state index contributed by atoms with van der Waals surface area (Å²) < 4.78 is 12.4. The van der Waals surface area contributed by atoms with Gasteiger partial charge in [-0.3, -0.25) is 0 Å². The average molecular weight is 180 g/mol. The molecule has 0 aromatic rings. The minimum absolute atomic E-state index is 0. The lowest BCUT2D eigenvalue weighted by molar-refractivity contribution is -0.0757. The third-order valence-corrected chi connectivity index (χ3v) is 3.09. The number of rotatable bonds is 1. The molecule has 1 nitrogen and oxygen atoms in total. The van der Waals surface area contributed by atoms with Crippen LogP contribution >= 0.6 is 12.4 Å². The van der Waals surface area contributed by atoms with Crippen LogP contribution in [0.4, 0.5) is 4.39 Å². The molecule has 0 aromatic heterocycles. The highest BCUT2D eigenvalue weighted by Crippen LogP contribution is 2.59. The number of hydrogen-bond donors (Lipinski definition) is 1. The van der Waals surface area contributed by atoms with Gasteiger partial charge in [-0.1, -0.05) is 0 Å². The van der Waals surface area contributed by atoms with Gasteiger partial charge in [0.1, 0.15) is 6.17 Å². The molecule has 2 saturated carbocycles. The Bertz CT molecular complexity index is 137. The molecular formula is C8H15ClFN. The lowest BCUT2D eigenvalue weighted by Gasteiger charge is -2.55. The molecule has 66 valence electrons. The standard InChI is InChI=1S/C8H14FN.ClH/c9-7-3-8(4-7)1-6(2-8)5-10;/h6-7H,1-5,10H2;1H. The molecule has 0 saturated heterocycles. The molecule has 0 amide bonds. The maximum absolute atomic E-state index is 12.4. The van der Waals surface area contributed by atoms with Gasteiger partial charge >= 0.3 is 0 Å². The van der Waals surface area contributed by atoms with Crippen LogP contribution in [0, 0.1) is 11.3 Å². The fourth-order valence-corrected chi connectivity index (χ4v) is 2.54. The summed E-state index contributed by atoms with van der Waals surface area (Å²) in [6.07, 6.45) is 3.56. The van der Waals surface area contributed by atoms with Crippen molar-refractivity contribution in [2.45, 2.75) is 31.9 Å². The van der Waals surface area contributed by atoms with Crippen LogP contribution in [-0.2, 0) is 0 Å². The second-order valence-corrected chi connectivity index (χ2v) is 4.02. The van der Waals surface area contributed by atoms with Crippen LogP contribution in [0.3, 0.4) is 0 Å². The second kappa shape index (κ2) is 2.91. The van der Waals surface area contributed by atoms with E-state index in [1.165, 1.54) is 12.8 Å². The normalized spacial score (nSPS) is 47.5. The maximum atomic E-state index is 12.4. The molecule has 0 atom stereocenters. The average Bonchev–Trinajstić information content (AvgIpc) is 1.74. The molecule has 2 rings (SSSR count). The van der Waals surface area contributed by atoms with E-state index in [1.807, 2.05) is 0 Å². The van der Waals surface area contributed by atoms with E-state index in [0.29, 0.717) is 11.3 Å². The van der Waals surface area contributed by atoms with Crippen LogP contribution in [-0.4, -0.2) is 12.7 Å². The first-order chi connectivity index (χ1) is 4.74. The quantitative estimate of drug-likeness (QED) is 0.654. The van der Waals surface area contributed by atoms with Gasteiger partial charge in [-0.2, -0.15) is 0 Å². The zero-order chi connectivity index (χ0) is 7.19. The van der Waals surface area contributed by atoms with Gasteiger partial charge in [-0.15, -0.1) is 12.4 Å². The Labute approximate surface area is 72.9 Å². The van der Waals surface area contributed by atoms with Gasteiger partial charge < -0.3 is 5.73 Å². The smallest absolute Gasteiger partial charge is 0.101 e. The lowest BCUT2D eigenvalue weighted by Crippen LogP contribution is -2.50. The molecule has 11 heavy (non-hydrogen) atoms. The number of alkyl halides is 1. The van der Waals surface area contributed by atoms with E-state index in [-0.39, 0.29) is 12.4 Å². The van der Waals surface area contributed by atoms with Crippen molar-refractivity contribution in [2.24, 2.45) is 17.1 Å². The van der Waals surface area contributed by atoms with Gasteiger partial charge in [-0.25, -0.2) is 4.39 Å². The molecule has 1 spiro atoms. The van der Waals surface area contributed by atoms with E-state index < -0.39 is 6.17 Å². The summed E-state index contributed by atoms with van der Waals surface area (Å²) in [5.74, 6) is 0.715. The van der Waals surface area contributed by atoms with E-state index in [2.05, 4.69) is 0 Å². The first kappa shape index (κ1) is 9.27. The number of halogens is 2. The molecule has 0 aliphatic heterocycles. The highest BCUT2D eigenvalue weighted by Gasteiger charge is 2.52. The molecular weight excluding hydrogens is 165 g/mol. The minimum atomic E-state index is -0.487. The molecule has 0 radical (unpaired) electrons. The van der Waals surface area contributed by atoms with Gasteiger partial charge in [0.25, 0.3) is 0 Å². The van der Waals surface area contributed by atoms with E-state index in [0.717, 1.165) is 19.4 Å². The first-order valence-corrected chi connectivity index (χ1v) is 4.08. The minimum Gasteiger partial charge on any atom is -0.330 e. The molecule has 0 aromatic carbocycles. The zero-order valence-electron chi connectivity index (χ0n) is 6.55. The summed E-state index contributed by atoms with van der Waals surface area (Å²) in [5, 5.41) is 0. The predicted octanol–water partition coefficient (Wildman–Crippen LogP) is 1.90. The summed E-state index contributed by atoms with van der Waals surface area (Å²) in [6.45, 7) is 0.804. The van der Waals surface area contributed by atoms with Gasteiger partial charge in [0.15, 0.2) is 0 Å². The van der Waals surface area contributed by atoms with Crippen molar-refractivity contribution < 1.29 is 4.39 Å². The predicted molar refractivity (Wildman–Crippen MR) is 45.6 cm³/mol. The Morgan fingerprint density at radius 2 is 1.82 bits per heavy atom. The number of hydrogen-bond acceptors (Lipinski definition) is 1. The Kier molecular flexibility index (Phi) is 2.45. The molecule has 2 N–H and O–H groups in total. The fourth-order valence-electron chi connectivity index (χ4n) is 2.54. The van der Waals surface area contributed by atoms with Crippen LogP contribution in [0.1, 0.15) is 25.7 Å². The maximum Gasteiger partial charge on any atom is 0.101 e. The van der Waals surface area contributed by atoms with Crippen molar-refractivity contribution in [3.8, 4) is 0 Å². The van der Waals surface area contributed by atoms with Gasteiger partial charge in [-0.05, 0) is 43.6 Å². The molecule has 2 aliphatic rings. The van der Waals surface area contributed by atoms with Crippen LogP contribution in [0.25, 0.3) is 0 Å². The van der Waals surface area contributed by atoms with Crippen molar-refractivity contribution in [3.63, 3.8) is 0 Å². The molecule has 2 fully saturated rings. The third-order valence-electron chi connectivity index (χ3n) is 3.09. The van der Waals surface area contributed by atoms with Crippen LogP contribution < -0.4 is 5.73 Å². The molecule has 0 heterocycles. The van der Waals surface area contributed by atoms with Crippen LogP contribution in [0.15, 0.2) is 0 Å². The summed E-state index contributed by atoms with van der Waals surface area (Å²) in [6, 6.07) is 0. The summed E-state index contributed by atoms with van der Waals surface area (Å²) >= 11 is 0. The van der Waals surface area contributed by atoms with Crippen molar-refractivity contribution in [3.05, 3.63) is 0 Å². The molecule has 2 aliphatic carbocycles. The van der Waals surface area contributed by atoms with Crippen molar-refractivity contribution >= 4 is 12.4 Å². The molecule has 0 bridgehead atoms. The molecule has 0 unspecified atom stereocenters. The van der Waals surface area contributed by atoms with E-state index in [4.69, 9.17) is 5.73 Å². The Morgan fingerprint density at radius 3 is 2.18 bits per heavy atom. The zero-order valence-corrected chi connectivity index (χ0v) is 7.37. The SMILES string of the molecule is Cl.NCC1CC2(CC(F)C2)C1. The van der Waals surface area contributed by atoms with Gasteiger partial charge in [0.05, 0.1) is 0 Å². The van der Waals surface area contributed by atoms with Gasteiger partial charge in [0, 0.05) is 0 Å². The van der Waals surface area contributed by atoms with Crippen LogP contribution in [0.2, 0.25) is 0 Å². The summed E-state index contributed by atoms with van der Waals surface area (Å²) in [5.41, 5.74) is 5.91. The summed E-state index contributed by atoms with van der Waals surface area (Å²) in [7, 11) is 0. The van der Waals surface area contributed by atoms with Crippen molar-refractivity contribution in [2.75, 3.05) is 6.54 Å². The van der Waals surface area contributed by atoms with Crippen molar-refractivity contribution in [1.82, 2.24) is 0 Å². The topological polar surface area (TPSA) is 26.0 Å². The monoisotopic (exact) mass is 179 g/mol. The van der Waals surface area contributed by atoms with E-state index in [1.54, 1.807) is 0 Å². The van der Waals surface area contributed by atoms with E-state index >= 15 is 0 Å². The van der Waals surface area contributed by atoms with Crippen LogP contribution in [0.5, 0.6) is 0 Å².